The number of hydrogen-bond acceptors (Lipinski definition) is 7. The number of ether oxygens (including phenoxy) is 2. The molecule has 0 bridgehead atoms. The van der Waals surface area contributed by atoms with Crippen LogP contribution in [0, 0.1) is 5.92 Å². The number of hydrogen-bond donors (Lipinski definition) is 1. The summed E-state index contributed by atoms with van der Waals surface area (Å²) in [5.41, 5.74) is 1.69. The Labute approximate surface area is 146 Å². The van der Waals surface area contributed by atoms with Gasteiger partial charge in [0.2, 0.25) is 0 Å². The molecule has 6 nitrogen and oxygen atoms in total. The van der Waals surface area contributed by atoms with Crippen LogP contribution in [0.1, 0.15) is 20.8 Å². The van der Waals surface area contributed by atoms with E-state index < -0.39 is 6.10 Å². The maximum absolute atomic E-state index is 12.4. The lowest BCUT2D eigenvalue weighted by molar-refractivity contribution is -0.143. The summed E-state index contributed by atoms with van der Waals surface area (Å²) in [4.78, 5) is 26.8. The molecule has 0 spiro atoms. The smallest absolute Gasteiger partial charge is 0.337 e. The Morgan fingerprint density at radius 2 is 2.25 bits per heavy atom. The van der Waals surface area contributed by atoms with Gasteiger partial charge in [0.25, 0.3) is 0 Å². The average molecular weight is 352 g/mol. The highest BCUT2D eigenvalue weighted by atomic mass is 32.2. The summed E-state index contributed by atoms with van der Waals surface area (Å²) in [6, 6.07) is 0. The molecule has 0 aromatic carbocycles. The first-order valence-electron chi connectivity index (χ1n) is 8.39. The molecule has 3 aliphatic heterocycles. The predicted molar refractivity (Wildman–Crippen MR) is 92.3 cm³/mol. The van der Waals surface area contributed by atoms with Crippen LogP contribution in [0.3, 0.4) is 0 Å². The fourth-order valence-electron chi connectivity index (χ4n) is 3.12. The molecule has 2 saturated heterocycles. The summed E-state index contributed by atoms with van der Waals surface area (Å²) in [5, 5.41) is 4.11. The minimum absolute atomic E-state index is 0.00934. The lowest BCUT2D eigenvalue weighted by Gasteiger charge is -2.22. The number of rotatable bonds is 4. The van der Waals surface area contributed by atoms with Crippen molar-refractivity contribution in [2.45, 2.75) is 33.0 Å². The highest BCUT2D eigenvalue weighted by molar-refractivity contribution is 8.03. The van der Waals surface area contributed by atoms with Crippen molar-refractivity contribution in [2.75, 3.05) is 32.0 Å². The molecule has 0 saturated carbocycles. The van der Waals surface area contributed by atoms with Gasteiger partial charge in [-0.3, -0.25) is 4.79 Å². The summed E-state index contributed by atoms with van der Waals surface area (Å²) in [5.74, 6) is 0.553. The summed E-state index contributed by atoms with van der Waals surface area (Å²) in [6.07, 6.45) is 1.14. The summed E-state index contributed by atoms with van der Waals surface area (Å²) in [6.45, 7) is 8.35. The number of nitrogens with zero attached hydrogens (tertiary/aromatic N) is 1. The van der Waals surface area contributed by atoms with Gasteiger partial charge in [0.1, 0.15) is 6.10 Å². The maximum atomic E-state index is 12.4. The van der Waals surface area contributed by atoms with E-state index in [4.69, 9.17) is 9.47 Å². The Hall–Kier alpha value is -1.31. The highest BCUT2D eigenvalue weighted by Gasteiger charge is 2.40. The van der Waals surface area contributed by atoms with Crippen molar-refractivity contribution in [1.82, 2.24) is 10.2 Å². The van der Waals surface area contributed by atoms with Gasteiger partial charge in [-0.25, -0.2) is 4.79 Å². The van der Waals surface area contributed by atoms with Crippen LogP contribution in [0.4, 0.5) is 0 Å². The minimum atomic E-state index is -0.408. The van der Waals surface area contributed by atoms with Crippen molar-refractivity contribution < 1.29 is 19.1 Å². The van der Waals surface area contributed by atoms with Gasteiger partial charge in [0.05, 0.1) is 23.3 Å². The number of nitrogens with one attached hydrogen (secondary N) is 1. The van der Waals surface area contributed by atoms with Crippen molar-refractivity contribution in [2.24, 2.45) is 5.92 Å². The zero-order valence-corrected chi connectivity index (χ0v) is 15.1. The molecule has 2 fully saturated rings. The third kappa shape index (κ3) is 3.53. The Balaban J connectivity index is 1.76. The number of carbonyl (C=O) groups excluding carboxylic acids is 2. The molecular weight excluding hydrogens is 328 g/mol. The molecule has 1 N–H and O–H groups in total. The van der Waals surface area contributed by atoms with Gasteiger partial charge in [0.15, 0.2) is 5.78 Å². The molecule has 7 heteroatoms. The third-order valence-corrected chi connectivity index (χ3v) is 5.40. The quantitative estimate of drug-likeness (QED) is 0.604. The molecule has 2 unspecified atom stereocenters. The normalized spacial score (nSPS) is 28.7. The Kier molecular flexibility index (Phi) is 5.32. The number of morpholine rings is 1. The van der Waals surface area contributed by atoms with Crippen LogP contribution in [0.25, 0.3) is 0 Å². The van der Waals surface area contributed by atoms with E-state index >= 15 is 0 Å². The summed E-state index contributed by atoms with van der Waals surface area (Å²) in [7, 11) is 0. The highest BCUT2D eigenvalue weighted by Crippen LogP contribution is 2.45. The second-order valence-electron chi connectivity index (χ2n) is 6.57. The van der Waals surface area contributed by atoms with Gasteiger partial charge in [-0.05, 0) is 13.8 Å². The molecule has 0 aliphatic carbocycles. The molecule has 0 aromatic rings. The van der Waals surface area contributed by atoms with Crippen LogP contribution in [0.2, 0.25) is 0 Å². The number of esters is 1. The van der Waals surface area contributed by atoms with Crippen LogP contribution < -0.4 is 5.32 Å². The van der Waals surface area contributed by atoms with Gasteiger partial charge < -0.3 is 19.7 Å². The van der Waals surface area contributed by atoms with E-state index in [9.17, 15) is 9.59 Å². The molecule has 3 rings (SSSR count). The second-order valence-corrected chi connectivity index (χ2v) is 7.54. The average Bonchev–Trinajstić information content (AvgIpc) is 3.06. The third-order valence-electron chi connectivity index (χ3n) is 4.24. The fraction of sp³-hybridized carbons (Fsp3) is 0.647. The van der Waals surface area contributed by atoms with Crippen LogP contribution in [0.5, 0.6) is 0 Å². The first-order valence-corrected chi connectivity index (χ1v) is 9.38. The van der Waals surface area contributed by atoms with E-state index in [0.29, 0.717) is 25.4 Å². The Morgan fingerprint density at radius 3 is 2.92 bits per heavy atom. The van der Waals surface area contributed by atoms with E-state index in [0.717, 1.165) is 22.8 Å². The topological polar surface area (TPSA) is 67.9 Å². The number of fused-ring (bicyclic) bond motifs is 1. The molecule has 132 valence electrons. The zero-order chi connectivity index (χ0) is 17.3. The predicted octanol–water partition coefficient (Wildman–Crippen LogP) is 1.29. The van der Waals surface area contributed by atoms with Crippen LogP contribution in [0.15, 0.2) is 22.4 Å². The second kappa shape index (κ2) is 7.29. The van der Waals surface area contributed by atoms with E-state index in [1.54, 1.807) is 17.8 Å². The molecule has 24 heavy (non-hydrogen) atoms. The molecule has 0 aromatic heterocycles. The maximum Gasteiger partial charge on any atom is 0.337 e. The van der Waals surface area contributed by atoms with Gasteiger partial charge in [-0.1, -0.05) is 6.92 Å². The van der Waals surface area contributed by atoms with Crippen LogP contribution in [-0.2, 0) is 19.1 Å². The van der Waals surface area contributed by atoms with Crippen molar-refractivity contribution in [3.05, 3.63) is 22.4 Å². The largest absolute Gasteiger partial charge is 0.460 e. The lowest BCUT2D eigenvalue weighted by Crippen LogP contribution is -2.42. The van der Waals surface area contributed by atoms with Crippen molar-refractivity contribution in [1.29, 1.82) is 0 Å². The summed E-state index contributed by atoms with van der Waals surface area (Å²) < 4.78 is 10.9. The standard InChI is InChI=1S/C17H24N2O4S/c1-10(2)23-17(21)15-11(3)8-19-12(9-24-16(15)19)6-13(20)14-7-18-4-5-22-14/h6,10-11,14,18H,4-5,7-9H2,1-3H3/b12-6+. The number of ketones is 1. The number of carbonyl (C=O) groups is 2. The van der Waals surface area contributed by atoms with Gasteiger partial charge >= 0.3 is 5.97 Å². The Morgan fingerprint density at radius 1 is 1.46 bits per heavy atom. The van der Waals surface area contributed by atoms with Gasteiger partial charge in [0, 0.05) is 43.1 Å². The SMILES string of the molecule is CC(C)OC(=O)C1=C2SC/C(=C\C(=O)C3CNCCO3)N2CC1C. The van der Waals surface area contributed by atoms with Gasteiger partial charge in [-0.2, -0.15) is 0 Å². The van der Waals surface area contributed by atoms with Crippen molar-refractivity contribution in [3.8, 4) is 0 Å². The molecule has 0 radical (unpaired) electrons. The first kappa shape index (κ1) is 17.5. The monoisotopic (exact) mass is 352 g/mol. The van der Waals surface area contributed by atoms with E-state index in [2.05, 4.69) is 10.2 Å². The van der Waals surface area contributed by atoms with E-state index in [1.807, 2.05) is 20.8 Å². The minimum Gasteiger partial charge on any atom is -0.460 e. The summed E-state index contributed by atoms with van der Waals surface area (Å²) >= 11 is 1.60. The first-order chi connectivity index (χ1) is 11.5. The number of thioether (sulfide) groups is 1. The lowest BCUT2D eigenvalue weighted by atomic mass is 10.1. The Bertz CT molecular complexity index is 593. The fourth-order valence-corrected chi connectivity index (χ4v) is 4.43. The molecule has 2 atom stereocenters. The molecular formula is C17H24N2O4S. The van der Waals surface area contributed by atoms with Crippen molar-refractivity contribution >= 4 is 23.5 Å². The van der Waals surface area contributed by atoms with Gasteiger partial charge in [-0.15, -0.1) is 11.8 Å². The molecule has 0 amide bonds. The van der Waals surface area contributed by atoms with E-state index in [-0.39, 0.29) is 23.8 Å². The zero-order valence-electron chi connectivity index (χ0n) is 14.3. The van der Waals surface area contributed by atoms with Crippen LogP contribution in [-0.4, -0.2) is 60.9 Å². The van der Waals surface area contributed by atoms with Crippen molar-refractivity contribution in [3.63, 3.8) is 0 Å². The van der Waals surface area contributed by atoms with Crippen LogP contribution >= 0.6 is 11.8 Å². The molecule has 3 heterocycles. The molecule has 3 aliphatic rings. The van der Waals surface area contributed by atoms with E-state index in [1.165, 1.54) is 0 Å².